The van der Waals surface area contributed by atoms with Crippen molar-refractivity contribution in [2.75, 3.05) is 11.4 Å². The quantitative estimate of drug-likeness (QED) is 0.0150. The molecule has 7 atom stereocenters. The molecule has 23 heteroatoms. The van der Waals surface area contributed by atoms with Gasteiger partial charge in [-0.1, -0.05) is 93.9 Å². The van der Waals surface area contributed by atoms with Crippen molar-refractivity contribution in [3.05, 3.63) is 141 Å². The second kappa shape index (κ2) is 27.8. The number of ketones is 1. The molecule has 4 aromatic carbocycles. The second-order valence-electron chi connectivity index (χ2n) is 24.5. The third kappa shape index (κ3) is 15.6. The minimum atomic E-state index is -5.04. The maximum atomic E-state index is 14.6. The van der Waals surface area contributed by atoms with Crippen LogP contribution in [-0.2, 0) is 70.5 Å². The van der Waals surface area contributed by atoms with E-state index in [9.17, 15) is 57.8 Å². The molecular formula is C65H77N8O13PS. The summed E-state index contributed by atoms with van der Waals surface area (Å²) >= 11 is 1.56. The number of H-pyrrole nitrogens is 1. The Kier molecular flexibility index (Phi) is 20.4. The molecule has 6 aromatic rings. The number of ether oxygens (including phenoxy) is 1. The highest BCUT2D eigenvalue weighted by Crippen LogP contribution is 2.42. The molecule has 6 amide bonds. The Hall–Kier alpha value is -7.72. The van der Waals surface area contributed by atoms with E-state index in [0.717, 1.165) is 63.2 Å². The SMILES string of the molecule is Cc1ncsc1-c1ccc(CNC(=O)[C@@H]2C[C@@H](O)CN2C(=O)[C@@H](NC(=O)CCCCCc2ccc(CO[C@H](C)[C@H](CCC(N)=O)NC(=O)[C@@H]3Cc4cccc5c4N3C(=O)[C@@H](CC(=O)c3cc4cc(C(=O)P(=O)(O)O)ccc4[nH]3)CC5)cc2)C(C)(C)C)cc1. The van der Waals surface area contributed by atoms with Gasteiger partial charge in [0, 0.05) is 67.6 Å². The number of nitrogens with one attached hydrogen (secondary N) is 4. The summed E-state index contributed by atoms with van der Waals surface area (Å²) in [6.07, 6.45) is 2.69. The molecule has 466 valence electrons. The number of fused-ring (bicyclic) bond motifs is 1. The fraction of sp³-hybridized carbons (Fsp3) is 0.431. The third-order valence-electron chi connectivity index (χ3n) is 16.9. The van der Waals surface area contributed by atoms with E-state index in [4.69, 9.17) is 10.5 Å². The lowest BCUT2D eigenvalue weighted by molar-refractivity contribution is -0.144. The van der Waals surface area contributed by atoms with Crippen molar-refractivity contribution < 1.29 is 62.6 Å². The van der Waals surface area contributed by atoms with Crippen LogP contribution in [0.3, 0.4) is 0 Å². The number of amides is 6. The fourth-order valence-electron chi connectivity index (χ4n) is 12.0. The molecule has 88 heavy (non-hydrogen) atoms. The van der Waals surface area contributed by atoms with Crippen LogP contribution >= 0.6 is 18.9 Å². The predicted octanol–water partition coefficient (Wildman–Crippen LogP) is 7.28. The van der Waals surface area contributed by atoms with Gasteiger partial charge in [0.15, 0.2) is 5.78 Å². The molecule has 2 aromatic heterocycles. The van der Waals surface area contributed by atoms with Gasteiger partial charge in [-0.3, -0.25) is 47.8 Å². The number of carbonyl (C=O) groups excluding carboxylic acids is 8. The fourth-order valence-corrected chi connectivity index (χ4v) is 13.2. The molecule has 0 radical (unpaired) electrons. The average Bonchev–Trinajstić information content (AvgIpc) is 1.95. The van der Waals surface area contributed by atoms with Crippen molar-refractivity contribution in [2.45, 2.75) is 161 Å². The lowest BCUT2D eigenvalue weighted by Crippen LogP contribution is -2.57. The van der Waals surface area contributed by atoms with E-state index in [0.29, 0.717) is 35.9 Å². The maximum absolute atomic E-state index is 14.6. The van der Waals surface area contributed by atoms with E-state index in [-0.39, 0.29) is 87.2 Å². The van der Waals surface area contributed by atoms with E-state index in [1.807, 2.05) is 94.4 Å². The van der Waals surface area contributed by atoms with Gasteiger partial charge in [-0.25, -0.2) is 4.98 Å². The Morgan fingerprint density at radius 2 is 1.59 bits per heavy atom. The van der Waals surface area contributed by atoms with Crippen LogP contribution in [0.1, 0.15) is 140 Å². The number of nitrogens with two attached hydrogens (primary N) is 1. The number of aromatic nitrogens is 2. The van der Waals surface area contributed by atoms with Gasteiger partial charge in [0.05, 0.1) is 52.3 Å². The van der Waals surface area contributed by atoms with Gasteiger partial charge in [0.25, 0.3) is 5.52 Å². The Morgan fingerprint density at radius 1 is 0.875 bits per heavy atom. The number of β-amino-alcohol motifs (C(OH)–C–C–N with tert-alkyl or cyclic N) is 1. The molecule has 0 spiro atoms. The highest BCUT2D eigenvalue weighted by Gasteiger charge is 2.46. The molecule has 1 fully saturated rings. The van der Waals surface area contributed by atoms with Crippen molar-refractivity contribution >= 4 is 82.3 Å². The summed E-state index contributed by atoms with van der Waals surface area (Å²) in [5.41, 5.74) is 12.9. The van der Waals surface area contributed by atoms with Crippen LogP contribution in [0.2, 0.25) is 0 Å². The monoisotopic (exact) mass is 1240 g/mol. The standard InChI is InChI=1S/C65H77N8O13PS/c1-37-58(88-36-68-37)43-20-18-40(19-21-43)33-67-60(78)52-32-48(74)34-72(52)63(81)59(65(3,4)5)71-56(77)13-8-6-7-10-39-14-16-41(17-15-39)35-86-38(2)49(26-27-55(66)76)70-61(79)53-30-44-12-9-11-42-22-23-45(62(80)73(53)57(42)44)31-54(75)51-29-47-28-46(24-25-50(47)69-51)64(82)87(83,84)85/h9,11-12,14-21,24-25,28-29,36,38,45,48-49,52-53,59,69,74H,6-8,10,13,22-23,26-27,30-35H2,1-5H3,(H2,66,76)(H,67,78)(H,70,79)(H,71,77)(H2,83,84,85)/t38-,45-,48-,49+,52+,53+,59-/m1/s1. The minimum absolute atomic E-state index is 0.0183. The number of hydrogen-bond donors (Lipinski definition) is 8. The van der Waals surface area contributed by atoms with Crippen LogP contribution in [0.4, 0.5) is 5.69 Å². The Bertz CT molecular complexity index is 3650. The summed E-state index contributed by atoms with van der Waals surface area (Å²) in [5.74, 6) is -3.66. The van der Waals surface area contributed by atoms with Crippen molar-refractivity contribution in [2.24, 2.45) is 17.1 Å². The molecule has 0 unspecified atom stereocenters. The molecule has 1 saturated heterocycles. The lowest BCUT2D eigenvalue weighted by atomic mass is 9.85. The zero-order valence-corrected chi connectivity index (χ0v) is 51.8. The smallest absolute Gasteiger partial charge is 0.391 e. The summed E-state index contributed by atoms with van der Waals surface area (Å²) in [6, 6.07) is 23.5. The number of aryl methyl sites for hydroxylation is 3. The number of unbranched alkanes of at least 4 members (excludes halogenated alkanes) is 2. The number of benzene rings is 4. The predicted molar refractivity (Wildman–Crippen MR) is 332 cm³/mol. The Labute approximate surface area is 514 Å². The number of Topliss-reactive ketones (excluding diaryl/α,β-unsaturated/α-hetero) is 1. The molecule has 5 heterocycles. The van der Waals surface area contributed by atoms with E-state index in [1.54, 1.807) is 23.8 Å². The number of aliphatic hydroxyl groups excluding tert-OH is 1. The molecular weight excluding hydrogens is 1160 g/mol. The number of anilines is 1. The summed E-state index contributed by atoms with van der Waals surface area (Å²) < 4.78 is 17.9. The molecule has 21 nitrogen and oxygen atoms in total. The number of likely N-dealkylation sites (tertiary alicyclic amines) is 1. The summed E-state index contributed by atoms with van der Waals surface area (Å²) in [6.45, 7) is 9.74. The number of primary amides is 1. The van der Waals surface area contributed by atoms with Crippen LogP contribution in [0, 0.1) is 18.3 Å². The molecule has 9 N–H and O–H groups in total. The summed E-state index contributed by atoms with van der Waals surface area (Å²) in [7, 11) is -5.04. The van der Waals surface area contributed by atoms with Gasteiger partial charge in [0.1, 0.15) is 18.1 Å². The number of thiazole rings is 1. The van der Waals surface area contributed by atoms with Crippen molar-refractivity contribution in [1.82, 2.24) is 30.8 Å². The average molecular weight is 1240 g/mol. The number of carbonyl (C=O) groups is 8. The summed E-state index contributed by atoms with van der Waals surface area (Å²) in [4.78, 5) is 139. The molecule has 0 aliphatic carbocycles. The number of aliphatic hydroxyl groups is 1. The van der Waals surface area contributed by atoms with Gasteiger partial charge in [-0.15, -0.1) is 11.3 Å². The molecule has 3 aliphatic rings. The van der Waals surface area contributed by atoms with E-state index < -0.39 is 84.3 Å². The van der Waals surface area contributed by atoms with Gasteiger partial charge in [-0.2, -0.15) is 0 Å². The normalized spacial score (nSPS) is 18.5. The lowest BCUT2D eigenvalue weighted by Gasteiger charge is -2.35. The van der Waals surface area contributed by atoms with Crippen molar-refractivity contribution in [3.8, 4) is 10.4 Å². The molecule has 3 aliphatic heterocycles. The van der Waals surface area contributed by atoms with E-state index >= 15 is 0 Å². The zero-order chi connectivity index (χ0) is 63.2. The number of para-hydroxylation sites is 1. The van der Waals surface area contributed by atoms with Crippen LogP contribution in [0.15, 0.2) is 96.5 Å². The van der Waals surface area contributed by atoms with Crippen LogP contribution in [-0.4, -0.2) is 119 Å². The second-order valence-corrected chi connectivity index (χ2v) is 26.9. The number of aromatic amines is 1. The number of hydrogen-bond acceptors (Lipinski definition) is 13. The number of rotatable bonds is 26. The number of nitrogens with zero attached hydrogens (tertiary/aromatic N) is 3. The van der Waals surface area contributed by atoms with Crippen LogP contribution in [0.25, 0.3) is 21.3 Å². The Morgan fingerprint density at radius 3 is 2.28 bits per heavy atom. The first-order valence-corrected chi connectivity index (χ1v) is 32.4. The topological polar surface area (TPSA) is 321 Å². The first kappa shape index (κ1) is 64.7. The first-order chi connectivity index (χ1) is 41.8. The summed E-state index contributed by atoms with van der Waals surface area (Å²) in [5, 5.41) is 20.0. The highest BCUT2D eigenvalue weighted by molar-refractivity contribution is 7.70. The largest absolute Gasteiger partial charge is 0.396 e. The third-order valence-corrected chi connectivity index (χ3v) is 18.7. The van der Waals surface area contributed by atoms with E-state index in [2.05, 4.69) is 25.9 Å². The Balaban J connectivity index is 0.735. The first-order valence-electron chi connectivity index (χ1n) is 29.9. The molecule has 0 saturated carbocycles. The molecule has 0 bridgehead atoms. The van der Waals surface area contributed by atoms with Crippen molar-refractivity contribution in [3.63, 3.8) is 0 Å². The maximum Gasteiger partial charge on any atom is 0.396 e. The highest BCUT2D eigenvalue weighted by atomic mass is 32.1. The van der Waals surface area contributed by atoms with Gasteiger partial charge in [-0.05, 0) is 115 Å². The van der Waals surface area contributed by atoms with Crippen LogP contribution < -0.4 is 26.6 Å². The molecule has 9 rings (SSSR count). The zero-order valence-electron chi connectivity index (χ0n) is 50.1. The minimum Gasteiger partial charge on any atom is -0.391 e. The van der Waals surface area contributed by atoms with E-state index in [1.165, 1.54) is 34.1 Å². The van der Waals surface area contributed by atoms with Gasteiger partial charge < -0.3 is 51.2 Å². The van der Waals surface area contributed by atoms with Gasteiger partial charge >= 0.3 is 7.60 Å². The van der Waals surface area contributed by atoms with Crippen LogP contribution in [0.5, 0.6) is 0 Å². The van der Waals surface area contributed by atoms with Gasteiger partial charge in [0.2, 0.25) is 35.4 Å². The van der Waals surface area contributed by atoms with Crippen molar-refractivity contribution in [1.29, 1.82) is 0 Å².